The SMILES string of the molecule is CSc1nc(C)c(C)c(N2CCN(c3ncnc4c3ncn4C)CC2)n1. The van der Waals surface area contributed by atoms with Gasteiger partial charge in [0.1, 0.15) is 12.1 Å². The number of hydrogen-bond donors (Lipinski definition) is 0. The minimum Gasteiger partial charge on any atom is -0.353 e. The molecule has 8 nitrogen and oxygen atoms in total. The molecule has 0 aliphatic carbocycles. The lowest BCUT2D eigenvalue weighted by molar-refractivity contribution is 0.636. The van der Waals surface area contributed by atoms with E-state index in [4.69, 9.17) is 4.98 Å². The Labute approximate surface area is 156 Å². The summed E-state index contributed by atoms with van der Waals surface area (Å²) in [4.78, 5) is 27.2. The van der Waals surface area contributed by atoms with Gasteiger partial charge >= 0.3 is 0 Å². The fourth-order valence-electron chi connectivity index (χ4n) is 3.28. The van der Waals surface area contributed by atoms with Crippen LogP contribution in [0, 0.1) is 13.8 Å². The Kier molecular flexibility index (Phi) is 4.39. The van der Waals surface area contributed by atoms with Crippen molar-refractivity contribution in [3.8, 4) is 0 Å². The Bertz CT molecular complexity index is 945. The first-order valence-electron chi connectivity index (χ1n) is 8.59. The summed E-state index contributed by atoms with van der Waals surface area (Å²) in [6.45, 7) is 7.69. The number of aromatic nitrogens is 6. The van der Waals surface area contributed by atoms with Crippen molar-refractivity contribution in [1.29, 1.82) is 0 Å². The van der Waals surface area contributed by atoms with Crippen LogP contribution < -0.4 is 9.80 Å². The highest BCUT2D eigenvalue weighted by molar-refractivity contribution is 7.98. The second kappa shape index (κ2) is 6.71. The maximum absolute atomic E-state index is 4.74. The van der Waals surface area contributed by atoms with Gasteiger partial charge < -0.3 is 14.4 Å². The molecule has 9 heteroatoms. The lowest BCUT2D eigenvalue weighted by atomic mass is 10.2. The standard InChI is InChI=1S/C17H22N8S/c1-11-12(2)21-17(26-4)22-14(11)24-5-7-25(8-6-24)16-13-15(18-9-19-16)23(3)10-20-13/h9-10H,5-8H2,1-4H3. The average molecular weight is 370 g/mol. The molecule has 0 bridgehead atoms. The van der Waals surface area contributed by atoms with Crippen molar-refractivity contribution in [2.24, 2.45) is 7.05 Å². The lowest BCUT2D eigenvalue weighted by Crippen LogP contribution is -2.47. The molecule has 0 radical (unpaired) electrons. The number of nitrogens with zero attached hydrogens (tertiary/aromatic N) is 8. The van der Waals surface area contributed by atoms with E-state index < -0.39 is 0 Å². The minimum absolute atomic E-state index is 0.830. The number of anilines is 2. The average Bonchev–Trinajstić information content (AvgIpc) is 3.05. The molecule has 0 unspecified atom stereocenters. The van der Waals surface area contributed by atoms with Crippen LogP contribution in [-0.2, 0) is 7.05 Å². The minimum atomic E-state index is 0.830. The number of hydrogen-bond acceptors (Lipinski definition) is 8. The van der Waals surface area contributed by atoms with Gasteiger partial charge in [-0.1, -0.05) is 11.8 Å². The Morgan fingerprint density at radius 3 is 2.31 bits per heavy atom. The summed E-state index contributed by atoms with van der Waals surface area (Å²) in [6, 6.07) is 0. The van der Waals surface area contributed by atoms with Gasteiger partial charge in [0.25, 0.3) is 0 Å². The first-order chi connectivity index (χ1) is 12.6. The van der Waals surface area contributed by atoms with Crippen LogP contribution in [0.4, 0.5) is 11.6 Å². The number of rotatable bonds is 3. The summed E-state index contributed by atoms with van der Waals surface area (Å²) >= 11 is 1.58. The Balaban J connectivity index is 1.57. The highest BCUT2D eigenvalue weighted by atomic mass is 32.2. The van der Waals surface area contributed by atoms with E-state index in [-0.39, 0.29) is 0 Å². The van der Waals surface area contributed by atoms with Crippen molar-refractivity contribution in [3.05, 3.63) is 23.9 Å². The van der Waals surface area contributed by atoms with Crippen LogP contribution in [0.1, 0.15) is 11.3 Å². The van der Waals surface area contributed by atoms with Crippen molar-refractivity contribution < 1.29 is 0 Å². The Morgan fingerprint density at radius 1 is 0.923 bits per heavy atom. The van der Waals surface area contributed by atoms with Crippen molar-refractivity contribution in [1.82, 2.24) is 29.5 Å². The van der Waals surface area contributed by atoms with Crippen LogP contribution in [0.25, 0.3) is 11.2 Å². The summed E-state index contributed by atoms with van der Waals surface area (Å²) < 4.78 is 1.92. The van der Waals surface area contributed by atoms with Crippen LogP contribution in [-0.4, -0.2) is 61.9 Å². The Hall–Kier alpha value is -2.42. The first-order valence-corrected chi connectivity index (χ1v) is 9.82. The van der Waals surface area contributed by atoms with E-state index in [9.17, 15) is 0 Å². The topological polar surface area (TPSA) is 75.9 Å². The molecule has 0 aromatic carbocycles. The number of aryl methyl sites for hydroxylation is 2. The molecule has 4 heterocycles. The van der Waals surface area contributed by atoms with Crippen LogP contribution in [0.15, 0.2) is 17.8 Å². The van der Waals surface area contributed by atoms with Gasteiger partial charge in [-0.05, 0) is 20.1 Å². The van der Waals surface area contributed by atoms with Gasteiger partial charge in [-0.2, -0.15) is 0 Å². The molecule has 0 saturated carbocycles. The molecule has 0 atom stereocenters. The molecular weight excluding hydrogens is 348 g/mol. The predicted octanol–water partition coefficient (Wildman–Crippen LogP) is 1.82. The largest absolute Gasteiger partial charge is 0.353 e. The molecule has 0 amide bonds. The summed E-state index contributed by atoms with van der Waals surface area (Å²) in [5.74, 6) is 1.96. The zero-order chi connectivity index (χ0) is 18.3. The molecule has 3 aromatic rings. The van der Waals surface area contributed by atoms with E-state index >= 15 is 0 Å². The van der Waals surface area contributed by atoms with Gasteiger partial charge in [0, 0.05) is 44.5 Å². The third-order valence-electron chi connectivity index (χ3n) is 4.88. The summed E-state index contributed by atoms with van der Waals surface area (Å²) in [6.07, 6.45) is 5.42. The molecule has 4 rings (SSSR count). The predicted molar refractivity (Wildman–Crippen MR) is 104 cm³/mol. The van der Waals surface area contributed by atoms with Gasteiger partial charge in [-0.25, -0.2) is 24.9 Å². The zero-order valence-electron chi connectivity index (χ0n) is 15.5. The summed E-state index contributed by atoms with van der Waals surface area (Å²) in [7, 11) is 1.95. The summed E-state index contributed by atoms with van der Waals surface area (Å²) in [5, 5.41) is 0.830. The molecule has 26 heavy (non-hydrogen) atoms. The van der Waals surface area contributed by atoms with Gasteiger partial charge in [0.05, 0.1) is 6.33 Å². The molecule has 3 aromatic heterocycles. The normalized spacial score (nSPS) is 15.1. The van der Waals surface area contributed by atoms with E-state index in [0.29, 0.717) is 0 Å². The van der Waals surface area contributed by atoms with Crippen molar-refractivity contribution >= 4 is 34.6 Å². The highest BCUT2D eigenvalue weighted by Gasteiger charge is 2.24. The fraction of sp³-hybridized carbons (Fsp3) is 0.471. The smallest absolute Gasteiger partial charge is 0.189 e. The molecule has 1 fully saturated rings. The maximum atomic E-state index is 4.74. The lowest BCUT2D eigenvalue weighted by Gasteiger charge is -2.36. The van der Waals surface area contributed by atoms with Crippen LogP contribution in [0.5, 0.6) is 0 Å². The molecule has 0 N–H and O–H groups in total. The number of thioether (sulfide) groups is 1. The molecule has 136 valence electrons. The number of piperazine rings is 1. The third-order valence-corrected chi connectivity index (χ3v) is 5.43. The van der Waals surface area contributed by atoms with E-state index in [0.717, 1.165) is 65.4 Å². The van der Waals surface area contributed by atoms with Crippen molar-refractivity contribution in [2.75, 3.05) is 42.2 Å². The zero-order valence-corrected chi connectivity index (χ0v) is 16.3. The quantitative estimate of drug-likeness (QED) is 0.510. The van der Waals surface area contributed by atoms with Crippen molar-refractivity contribution in [3.63, 3.8) is 0 Å². The highest BCUT2D eigenvalue weighted by Crippen LogP contribution is 2.26. The first kappa shape index (κ1) is 17.0. The third kappa shape index (κ3) is 2.86. The van der Waals surface area contributed by atoms with Gasteiger partial charge in [-0.3, -0.25) is 0 Å². The van der Waals surface area contributed by atoms with E-state index in [1.165, 1.54) is 0 Å². The second-order valence-corrected chi connectivity index (χ2v) is 7.22. The summed E-state index contributed by atoms with van der Waals surface area (Å²) in [5.41, 5.74) is 3.93. The number of imidazole rings is 1. The van der Waals surface area contributed by atoms with Gasteiger partial charge in [0.15, 0.2) is 22.1 Å². The fourth-order valence-corrected chi connectivity index (χ4v) is 3.69. The van der Waals surface area contributed by atoms with Gasteiger partial charge in [-0.15, -0.1) is 0 Å². The molecular formula is C17H22N8S. The molecule has 0 spiro atoms. The van der Waals surface area contributed by atoms with Crippen LogP contribution in [0.3, 0.4) is 0 Å². The molecule has 1 aliphatic heterocycles. The van der Waals surface area contributed by atoms with E-state index in [2.05, 4.69) is 43.6 Å². The van der Waals surface area contributed by atoms with E-state index in [1.54, 1.807) is 24.4 Å². The second-order valence-electron chi connectivity index (χ2n) is 6.44. The monoisotopic (exact) mass is 370 g/mol. The molecule has 1 aliphatic rings. The van der Waals surface area contributed by atoms with Crippen LogP contribution in [0.2, 0.25) is 0 Å². The van der Waals surface area contributed by atoms with Crippen molar-refractivity contribution in [2.45, 2.75) is 19.0 Å². The van der Waals surface area contributed by atoms with Crippen LogP contribution >= 0.6 is 11.8 Å². The Morgan fingerprint density at radius 2 is 1.62 bits per heavy atom. The maximum Gasteiger partial charge on any atom is 0.189 e. The molecule has 1 saturated heterocycles. The van der Waals surface area contributed by atoms with Gasteiger partial charge in [0.2, 0.25) is 0 Å². The van der Waals surface area contributed by atoms with E-state index in [1.807, 2.05) is 17.9 Å². The number of fused-ring (bicyclic) bond motifs is 1.